The number of halogens is 1. The summed E-state index contributed by atoms with van der Waals surface area (Å²) in [6.45, 7) is 4.55. The summed E-state index contributed by atoms with van der Waals surface area (Å²) < 4.78 is 0. The lowest BCUT2D eigenvalue weighted by atomic mass is 9.92. The summed E-state index contributed by atoms with van der Waals surface area (Å²) in [5, 5.41) is 0. The first kappa shape index (κ1) is 10.2. The van der Waals surface area contributed by atoms with Crippen LogP contribution in [-0.4, -0.2) is 6.04 Å². The van der Waals surface area contributed by atoms with Gasteiger partial charge in [-0.25, -0.2) is 0 Å². The molecule has 62 valence electrons. The van der Waals surface area contributed by atoms with E-state index in [1.54, 1.807) is 0 Å². The van der Waals surface area contributed by atoms with Gasteiger partial charge in [0.1, 0.15) is 0 Å². The second-order valence-electron chi connectivity index (χ2n) is 3.50. The molecule has 1 nitrogen and oxygen atoms in total. The largest absolute Gasteiger partial charge is 0.327 e. The molecule has 1 fully saturated rings. The molecule has 1 rings (SSSR count). The molecule has 1 aliphatic rings. The number of hydrogen-bond donors (Lipinski definition) is 1. The smallest absolute Gasteiger partial charge is 0.00696 e. The summed E-state index contributed by atoms with van der Waals surface area (Å²) in [7, 11) is 0. The summed E-state index contributed by atoms with van der Waals surface area (Å²) in [6, 6.07) is 0.505. The van der Waals surface area contributed by atoms with Crippen LogP contribution < -0.4 is 5.73 Å². The van der Waals surface area contributed by atoms with Crippen molar-refractivity contribution in [1.82, 2.24) is 0 Å². The standard InChI is InChI=1S/C8H17N.ClH/c1-6(2)7-4-3-5-8(7)9;/h6-8H,3-5,9H2,1-2H3;1H. The third-order valence-electron chi connectivity index (χ3n) is 2.48. The van der Waals surface area contributed by atoms with Gasteiger partial charge in [0.25, 0.3) is 0 Å². The third kappa shape index (κ3) is 2.14. The molecule has 2 atom stereocenters. The van der Waals surface area contributed by atoms with Crippen LogP contribution in [0.4, 0.5) is 0 Å². The lowest BCUT2D eigenvalue weighted by Gasteiger charge is -2.18. The van der Waals surface area contributed by atoms with Gasteiger partial charge in [0, 0.05) is 6.04 Å². The maximum atomic E-state index is 5.88. The van der Waals surface area contributed by atoms with Crippen molar-refractivity contribution in [2.24, 2.45) is 17.6 Å². The van der Waals surface area contributed by atoms with E-state index in [0.717, 1.165) is 11.8 Å². The van der Waals surface area contributed by atoms with Gasteiger partial charge in [0.2, 0.25) is 0 Å². The van der Waals surface area contributed by atoms with Gasteiger partial charge in [-0.2, -0.15) is 0 Å². The zero-order valence-electron chi connectivity index (χ0n) is 6.84. The van der Waals surface area contributed by atoms with Gasteiger partial charge >= 0.3 is 0 Å². The van der Waals surface area contributed by atoms with E-state index in [4.69, 9.17) is 5.73 Å². The van der Waals surface area contributed by atoms with Crippen molar-refractivity contribution in [3.05, 3.63) is 0 Å². The molecule has 1 aliphatic carbocycles. The molecular weight excluding hydrogens is 146 g/mol. The van der Waals surface area contributed by atoms with E-state index in [-0.39, 0.29) is 12.4 Å². The zero-order valence-corrected chi connectivity index (χ0v) is 7.66. The van der Waals surface area contributed by atoms with Crippen LogP contribution in [0.1, 0.15) is 33.1 Å². The van der Waals surface area contributed by atoms with E-state index >= 15 is 0 Å². The Kier molecular flexibility index (Phi) is 4.30. The normalized spacial score (nSPS) is 32.4. The minimum absolute atomic E-state index is 0. The minimum Gasteiger partial charge on any atom is -0.327 e. The van der Waals surface area contributed by atoms with Crippen molar-refractivity contribution in [2.75, 3.05) is 0 Å². The fourth-order valence-corrected chi connectivity index (χ4v) is 1.85. The second-order valence-corrected chi connectivity index (χ2v) is 3.50. The molecule has 0 spiro atoms. The van der Waals surface area contributed by atoms with Gasteiger partial charge in [0.15, 0.2) is 0 Å². The van der Waals surface area contributed by atoms with Gasteiger partial charge in [-0.15, -0.1) is 12.4 Å². The van der Waals surface area contributed by atoms with E-state index in [9.17, 15) is 0 Å². The Hall–Kier alpha value is 0.250. The summed E-state index contributed by atoms with van der Waals surface area (Å²) in [6.07, 6.45) is 3.96. The van der Waals surface area contributed by atoms with Crippen LogP contribution in [0, 0.1) is 11.8 Å². The second kappa shape index (κ2) is 4.20. The Morgan fingerprint density at radius 3 is 2.10 bits per heavy atom. The SMILES string of the molecule is CC(C)C1CCCC1N.Cl. The summed E-state index contributed by atoms with van der Waals surface area (Å²) in [5.41, 5.74) is 5.88. The molecule has 1 saturated carbocycles. The van der Waals surface area contributed by atoms with E-state index in [1.807, 2.05) is 0 Å². The Morgan fingerprint density at radius 2 is 1.90 bits per heavy atom. The lowest BCUT2D eigenvalue weighted by Crippen LogP contribution is -2.27. The highest BCUT2D eigenvalue weighted by molar-refractivity contribution is 5.85. The van der Waals surface area contributed by atoms with Crippen molar-refractivity contribution in [3.63, 3.8) is 0 Å². The highest BCUT2D eigenvalue weighted by Gasteiger charge is 2.25. The summed E-state index contributed by atoms with van der Waals surface area (Å²) in [4.78, 5) is 0. The Balaban J connectivity index is 0.000000810. The van der Waals surface area contributed by atoms with Gasteiger partial charge in [-0.1, -0.05) is 20.3 Å². The van der Waals surface area contributed by atoms with Crippen molar-refractivity contribution < 1.29 is 0 Å². The molecule has 0 amide bonds. The van der Waals surface area contributed by atoms with Crippen molar-refractivity contribution >= 4 is 12.4 Å². The molecule has 0 radical (unpaired) electrons. The first-order valence-corrected chi connectivity index (χ1v) is 3.97. The molecule has 0 aromatic rings. The first-order valence-electron chi connectivity index (χ1n) is 3.97. The van der Waals surface area contributed by atoms with Crippen LogP contribution in [0.2, 0.25) is 0 Å². The van der Waals surface area contributed by atoms with Gasteiger partial charge in [-0.05, 0) is 24.7 Å². The molecule has 0 bridgehead atoms. The van der Waals surface area contributed by atoms with E-state index < -0.39 is 0 Å². The van der Waals surface area contributed by atoms with Crippen molar-refractivity contribution in [2.45, 2.75) is 39.2 Å². The molecule has 2 unspecified atom stereocenters. The molecule has 0 aliphatic heterocycles. The fourth-order valence-electron chi connectivity index (χ4n) is 1.85. The highest BCUT2D eigenvalue weighted by atomic mass is 35.5. The summed E-state index contributed by atoms with van der Waals surface area (Å²) >= 11 is 0. The molecule has 0 heterocycles. The van der Waals surface area contributed by atoms with Crippen molar-refractivity contribution in [3.8, 4) is 0 Å². The van der Waals surface area contributed by atoms with E-state index in [0.29, 0.717) is 6.04 Å². The molecular formula is C8H18ClN. The Morgan fingerprint density at radius 1 is 1.30 bits per heavy atom. The fraction of sp³-hybridized carbons (Fsp3) is 1.00. The monoisotopic (exact) mass is 163 g/mol. The van der Waals surface area contributed by atoms with Crippen LogP contribution in [0.5, 0.6) is 0 Å². The van der Waals surface area contributed by atoms with Gasteiger partial charge in [-0.3, -0.25) is 0 Å². The molecule has 10 heavy (non-hydrogen) atoms. The van der Waals surface area contributed by atoms with Crippen LogP contribution in [0.25, 0.3) is 0 Å². The number of hydrogen-bond acceptors (Lipinski definition) is 1. The topological polar surface area (TPSA) is 26.0 Å². The molecule has 2 N–H and O–H groups in total. The minimum atomic E-state index is 0. The predicted octanol–water partition coefficient (Wildman–Crippen LogP) is 2.19. The summed E-state index contributed by atoms with van der Waals surface area (Å²) in [5.74, 6) is 1.60. The quantitative estimate of drug-likeness (QED) is 0.630. The van der Waals surface area contributed by atoms with Crippen LogP contribution in [0.3, 0.4) is 0 Å². The third-order valence-corrected chi connectivity index (χ3v) is 2.48. The van der Waals surface area contributed by atoms with Crippen molar-refractivity contribution in [1.29, 1.82) is 0 Å². The Bertz CT molecular complexity index is 93.3. The molecule has 0 aromatic carbocycles. The maximum absolute atomic E-state index is 5.88. The number of rotatable bonds is 1. The average molecular weight is 164 g/mol. The zero-order chi connectivity index (χ0) is 6.85. The first-order chi connectivity index (χ1) is 4.22. The van der Waals surface area contributed by atoms with E-state index in [2.05, 4.69) is 13.8 Å². The molecule has 0 saturated heterocycles. The number of nitrogens with two attached hydrogens (primary N) is 1. The van der Waals surface area contributed by atoms with Gasteiger partial charge in [0.05, 0.1) is 0 Å². The lowest BCUT2D eigenvalue weighted by molar-refractivity contribution is 0.357. The average Bonchev–Trinajstić information content (AvgIpc) is 2.13. The van der Waals surface area contributed by atoms with Crippen LogP contribution in [0.15, 0.2) is 0 Å². The molecule has 0 aromatic heterocycles. The van der Waals surface area contributed by atoms with Crippen LogP contribution >= 0.6 is 12.4 Å². The van der Waals surface area contributed by atoms with Gasteiger partial charge < -0.3 is 5.73 Å². The predicted molar refractivity (Wildman–Crippen MR) is 47.4 cm³/mol. The highest BCUT2D eigenvalue weighted by Crippen LogP contribution is 2.29. The molecule has 2 heteroatoms. The van der Waals surface area contributed by atoms with E-state index in [1.165, 1.54) is 19.3 Å². The Labute approximate surface area is 69.8 Å². The maximum Gasteiger partial charge on any atom is 0.00696 e. The van der Waals surface area contributed by atoms with Crippen LogP contribution in [-0.2, 0) is 0 Å².